The summed E-state index contributed by atoms with van der Waals surface area (Å²) in [5.74, 6) is -0.832. The average molecular weight is 313 g/mol. The van der Waals surface area contributed by atoms with Crippen molar-refractivity contribution in [2.75, 3.05) is 13.1 Å². The van der Waals surface area contributed by atoms with Crippen molar-refractivity contribution in [1.82, 2.24) is 10.2 Å². The lowest BCUT2D eigenvalue weighted by atomic mass is 10.0. The van der Waals surface area contributed by atoms with Crippen molar-refractivity contribution >= 4 is 17.5 Å². The molecule has 0 aliphatic carbocycles. The number of nitrogens with one attached hydrogen (secondary N) is 1. The van der Waals surface area contributed by atoms with Crippen molar-refractivity contribution in [3.63, 3.8) is 0 Å². The second kappa shape index (κ2) is 7.23. The van der Waals surface area contributed by atoms with Crippen LogP contribution in [0.25, 0.3) is 0 Å². The van der Waals surface area contributed by atoms with E-state index in [-0.39, 0.29) is 17.5 Å². The molecule has 1 amide bonds. The van der Waals surface area contributed by atoms with Crippen LogP contribution in [0.2, 0.25) is 5.02 Å². The number of halogens is 2. The molecule has 21 heavy (non-hydrogen) atoms. The molecule has 1 atom stereocenters. The van der Waals surface area contributed by atoms with Gasteiger partial charge in [-0.1, -0.05) is 18.0 Å². The van der Waals surface area contributed by atoms with Crippen molar-refractivity contribution < 1.29 is 9.18 Å². The summed E-state index contributed by atoms with van der Waals surface area (Å²) < 4.78 is 14.0. The summed E-state index contributed by atoms with van der Waals surface area (Å²) in [6, 6.07) is 4.52. The Morgan fingerprint density at radius 2 is 2.24 bits per heavy atom. The molecule has 1 fully saturated rings. The second-order valence-electron chi connectivity index (χ2n) is 5.82. The molecule has 1 saturated heterocycles. The zero-order valence-corrected chi connectivity index (χ0v) is 13.3. The summed E-state index contributed by atoms with van der Waals surface area (Å²) in [4.78, 5) is 14.3. The summed E-state index contributed by atoms with van der Waals surface area (Å²) in [6.45, 7) is 5.50. The van der Waals surface area contributed by atoms with E-state index in [0.29, 0.717) is 17.6 Å². The van der Waals surface area contributed by atoms with Gasteiger partial charge in [0.15, 0.2) is 0 Å². The largest absolute Gasteiger partial charge is 0.335 e. The van der Waals surface area contributed by atoms with Crippen LogP contribution in [-0.4, -0.2) is 36.0 Å². The number of hydrogen-bond donors (Lipinski definition) is 1. The fourth-order valence-electron chi connectivity index (χ4n) is 2.66. The molecule has 0 saturated carbocycles. The summed E-state index contributed by atoms with van der Waals surface area (Å²) in [6.07, 6.45) is 3.41. The quantitative estimate of drug-likeness (QED) is 0.923. The van der Waals surface area contributed by atoms with Crippen molar-refractivity contribution in [3.8, 4) is 0 Å². The summed E-state index contributed by atoms with van der Waals surface area (Å²) >= 11 is 5.74. The Kier molecular flexibility index (Phi) is 5.59. The van der Waals surface area contributed by atoms with Gasteiger partial charge in [-0.3, -0.25) is 4.79 Å². The number of carbonyl (C=O) groups excluding carboxylic acids is 1. The fourth-order valence-corrected chi connectivity index (χ4v) is 2.82. The number of benzene rings is 1. The van der Waals surface area contributed by atoms with Gasteiger partial charge in [-0.15, -0.1) is 0 Å². The third-order valence-electron chi connectivity index (χ3n) is 3.88. The number of piperidine rings is 1. The van der Waals surface area contributed by atoms with Crippen LogP contribution in [0.5, 0.6) is 0 Å². The van der Waals surface area contributed by atoms with E-state index in [1.807, 2.05) is 13.8 Å². The fraction of sp³-hybridized carbons (Fsp3) is 0.562. The zero-order valence-electron chi connectivity index (χ0n) is 12.5. The molecular weight excluding hydrogens is 291 g/mol. The Morgan fingerprint density at radius 1 is 1.48 bits per heavy atom. The molecule has 1 heterocycles. The van der Waals surface area contributed by atoms with Crippen LogP contribution >= 0.6 is 11.6 Å². The summed E-state index contributed by atoms with van der Waals surface area (Å²) in [5.41, 5.74) is 0.0870. The Morgan fingerprint density at radius 3 is 2.81 bits per heavy atom. The third-order valence-corrected chi connectivity index (χ3v) is 4.11. The first-order valence-corrected chi connectivity index (χ1v) is 7.86. The van der Waals surface area contributed by atoms with Crippen LogP contribution < -0.4 is 5.32 Å². The molecule has 0 bridgehead atoms. The number of nitrogens with zero attached hydrogens (tertiary/aromatic N) is 1. The molecule has 1 aliphatic rings. The molecule has 5 heteroatoms. The lowest BCUT2D eigenvalue weighted by molar-refractivity contribution is 0.0672. The SMILES string of the molecule is CC(C)N(CC1CCCCN1)C(=O)c1ccc(Cl)cc1F. The predicted octanol–water partition coefficient (Wildman–Crippen LogP) is 3.47. The van der Waals surface area contributed by atoms with Crippen LogP contribution in [0.15, 0.2) is 18.2 Å². The van der Waals surface area contributed by atoms with E-state index in [1.165, 1.54) is 25.0 Å². The predicted molar refractivity (Wildman–Crippen MR) is 83.2 cm³/mol. The monoisotopic (exact) mass is 312 g/mol. The number of hydrogen-bond acceptors (Lipinski definition) is 2. The van der Waals surface area contributed by atoms with Crippen molar-refractivity contribution in [1.29, 1.82) is 0 Å². The minimum atomic E-state index is -0.560. The molecular formula is C16H22ClFN2O. The van der Waals surface area contributed by atoms with Crippen LogP contribution in [0.3, 0.4) is 0 Å². The Bertz CT molecular complexity index is 501. The number of carbonyl (C=O) groups is 1. The molecule has 0 spiro atoms. The lowest BCUT2D eigenvalue weighted by Gasteiger charge is -2.33. The maximum absolute atomic E-state index is 14.0. The van der Waals surface area contributed by atoms with Gasteiger partial charge in [0, 0.05) is 23.7 Å². The van der Waals surface area contributed by atoms with E-state index >= 15 is 0 Å². The number of amides is 1. The molecule has 1 aromatic carbocycles. The van der Waals surface area contributed by atoms with Crippen LogP contribution in [0.4, 0.5) is 4.39 Å². The Labute approximate surface area is 130 Å². The molecule has 116 valence electrons. The lowest BCUT2D eigenvalue weighted by Crippen LogP contribution is -2.48. The van der Waals surface area contributed by atoms with Crippen molar-refractivity contribution in [2.45, 2.75) is 45.2 Å². The van der Waals surface area contributed by atoms with E-state index in [0.717, 1.165) is 13.0 Å². The Hall–Kier alpha value is -1.13. The second-order valence-corrected chi connectivity index (χ2v) is 6.26. The smallest absolute Gasteiger partial charge is 0.257 e. The molecule has 0 radical (unpaired) electrons. The first kappa shape index (κ1) is 16.2. The third kappa shape index (κ3) is 4.17. The van der Waals surface area contributed by atoms with Crippen LogP contribution in [-0.2, 0) is 0 Å². The topological polar surface area (TPSA) is 32.3 Å². The molecule has 0 aromatic heterocycles. The van der Waals surface area contributed by atoms with Crippen LogP contribution in [0.1, 0.15) is 43.5 Å². The normalized spacial score (nSPS) is 18.8. The van der Waals surface area contributed by atoms with E-state index in [4.69, 9.17) is 11.6 Å². The van der Waals surface area contributed by atoms with Crippen molar-refractivity contribution in [3.05, 3.63) is 34.6 Å². The van der Waals surface area contributed by atoms with Gasteiger partial charge in [0.25, 0.3) is 5.91 Å². The Balaban J connectivity index is 2.14. The van der Waals surface area contributed by atoms with Crippen LogP contribution in [0, 0.1) is 5.82 Å². The first-order chi connectivity index (χ1) is 9.99. The van der Waals surface area contributed by atoms with Gasteiger partial charge in [0.05, 0.1) is 5.56 Å². The van der Waals surface area contributed by atoms with E-state index in [2.05, 4.69) is 5.32 Å². The standard InChI is InChI=1S/C16H22ClFN2O/c1-11(2)20(10-13-5-3-4-8-19-13)16(21)14-7-6-12(17)9-15(14)18/h6-7,9,11,13,19H,3-5,8,10H2,1-2H3. The van der Waals surface area contributed by atoms with Gasteiger partial charge in [0.2, 0.25) is 0 Å². The van der Waals surface area contributed by atoms with Gasteiger partial charge in [-0.05, 0) is 51.4 Å². The highest BCUT2D eigenvalue weighted by Gasteiger charge is 2.25. The summed E-state index contributed by atoms with van der Waals surface area (Å²) in [7, 11) is 0. The van der Waals surface area contributed by atoms with Crippen molar-refractivity contribution in [2.24, 2.45) is 0 Å². The molecule has 2 rings (SSSR count). The first-order valence-electron chi connectivity index (χ1n) is 7.48. The number of rotatable bonds is 4. The summed E-state index contributed by atoms with van der Waals surface area (Å²) in [5, 5.41) is 3.73. The molecule has 1 unspecified atom stereocenters. The zero-order chi connectivity index (χ0) is 15.4. The van der Waals surface area contributed by atoms with E-state index in [9.17, 15) is 9.18 Å². The van der Waals surface area contributed by atoms with Gasteiger partial charge >= 0.3 is 0 Å². The minimum absolute atomic E-state index is 0.0244. The van der Waals surface area contributed by atoms with Gasteiger partial charge in [-0.2, -0.15) is 0 Å². The molecule has 1 N–H and O–H groups in total. The highest BCUT2D eigenvalue weighted by molar-refractivity contribution is 6.30. The molecule has 3 nitrogen and oxygen atoms in total. The van der Waals surface area contributed by atoms with Gasteiger partial charge < -0.3 is 10.2 Å². The molecule has 1 aromatic rings. The van der Waals surface area contributed by atoms with Gasteiger partial charge in [-0.25, -0.2) is 4.39 Å². The minimum Gasteiger partial charge on any atom is -0.335 e. The van der Waals surface area contributed by atoms with E-state index < -0.39 is 5.82 Å². The highest BCUT2D eigenvalue weighted by atomic mass is 35.5. The van der Waals surface area contributed by atoms with Gasteiger partial charge in [0.1, 0.15) is 5.82 Å². The maximum Gasteiger partial charge on any atom is 0.257 e. The van der Waals surface area contributed by atoms with E-state index in [1.54, 1.807) is 11.0 Å². The average Bonchev–Trinajstić information content (AvgIpc) is 2.45. The maximum atomic E-state index is 14.0. The molecule has 1 aliphatic heterocycles. The highest BCUT2D eigenvalue weighted by Crippen LogP contribution is 2.19.